The third kappa shape index (κ3) is 5.23. The number of furan rings is 1. The van der Waals surface area contributed by atoms with Crippen LogP contribution in [0.25, 0.3) is 0 Å². The van der Waals surface area contributed by atoms with Crippen LogP contribution in [0.5, 0.6) is 0 Å². The molecule has 0 atom stereocenters. The Morgan fingerprint density at radius 2 is 2.38 bits per heavy atom. The van der Waals surface area contributed by atoms with Crippen LogP contribution in [0.4, 0.5) is 0 Å². The number of carbonyl (C=O) groups excluding carboxylic acids is 1. The molecule has 0 aliphatic carbocycles. The van der Waals surface area contributed by atoms with Gasteiger partial charge < -0.3 is 14.8 Å². The Morgan fingerprint density at radius 3 is 2.94 bits per heavy atom. The van der Waals surface area contributed by atoms with Gasteiger partial charge in [-0.2, -0.15) is 11.8 Å². The minimum atomic E-state index is -0.657. The summed E-state index contributed by atoms with van der Waals surface area (Å²) in [6.07, 6.45) is 1.47. The number of hydrogen-bond donors (Lipinski definition) is 2. The lowest BCUT2D eigenvalue weighted by atomic mass is 10.2. The zero-order chi connectivity index (χ0) is 12.0. The molecule has 0 aliphatic rings. The third-order valence-electron chi connectivity index (χ3n) is 1.73. The van der Waals surface area contributed by atoms with Crippen molar-refractivity contribution in [2.45, 2.75) is 19.4 Å². The van der Waals surface area contributed by atoms with Gasteiger partial charge in [-0.25, -0.2) is 0 Å². The number of rotatable bonds is 6. The molecule has 0 spiro atoms. The molecule has 1 heterocycles. The van der Waals surface area contributed by atoms with Gasteiger partial charge in [-0.1, -0.05) is 0 Å². The standard InChI is InChI=1S/C11H17NO3S/c1-11(2,14)8-16-7-5-12-10(13)9-4-3-6-15-9/h3-4,6,14H,5,7-8H2,1-2H3,(H,12,13). The van der Waals surface area contributed by atoms with Crippen LogP contribution >= 0.6 is 11.8 Å². The monoisotopic (exact) mass is 243 g/mol. The van der Waals surface area contributed by atoms with E-state index in [1.54, 1.807) is 37.7 Å². The zero-order valence-electron chi connectivity index (χ0n) is 9.53. The van der Waals surface area contributed by atoms with Crippen LogP contribution in [0.15, 0.2) is 22.8 Å². The van der Waals surface area contributed by atoms with Gasteiger partial charge in [0, 0.05) is 18.1 Å². The fourth-order valence-corrected chi connectivity index (χ4v) is 1.94. The van der Waals surface area contributed by atoms with Crippen molar-refractivity contribution in [2.75, 3.05) is 18.1 Å². The molecule has 1 aromatic rings. The molecule has 4 nitrogen and oxygen atoms in total. The molecule has 0 saturated carbocycles. The first-order valence-electron chi connectivity index (χ1n) is 5.11. The van der Waals surface area contributed by atoms with Gasteiger partial charge in [-0.05, 0) is 26.0 Å². The van der Waals surface area contributed by atoms with Gasteiger partial charge in [-0.15, -0.1) is 0 Å². The van der Waals surface area contributed by atoms with Crippen molar-refractivity contribution in [1.29, 1.82) is 0 Å². The Bertz CT molecular complexity index is 316. The molecular formula is C11H17NO3S. The van der Waals surface area contributed by atoms with Crippen LogP contribution in [0.2, 0.25) is 0 Å². The van der Waals surface area contributed by atoms with Gasteiger partial charge >= 0.3 is 0 Å². The number of amides is 1. The van der Waals surface area contributed by atoms with Crippen LogP contribution < -0.4 is 5.32 Å². The van der Waals surface area contributed by atoms with E-state index in [1.807, 2.05) is 0 Å². The number of hydrogen-bond acceptors (Lipinski definition) is 4. The largest absolute Gasteiger partial charge is 0.459 e. The first kappa shape index (κ1) is 13.1. The quantitative estimate of drug-likeness (QED) is 0.743. The highest BCUT2D eigenvalue weighted by atomic mass is 32.2. The van der Waals surface area contributed by atoms with E-state index >= 15 is 0 Å². The summed E-state index contributed by atoms with van der Waals surface area (Å²) in [6, 6.07) is 3.30. The van der Waals surface area contributed by atoms with Gasteiger partial charge in [0.1, 0.15) is 0 Å². The summed E-state index contributed by atoms with van der Waals surface area (Å²) in [5.41, 5.74) is -0.657. The molecule has 0 aliphatic heterocycles. The number of aliphatic hydroxyl groups is 1. The van der Waals surface area contributed by atoms with Gasteiger partial charge in [0.2, 0.25) is 0 Å². The first-order valence-corrected chi connectivity index (χ1v) is 6.26. The van der Waals surface area contributed by atoms with E-state index in [0.717, 1.165) is 5.75 Å². The highest BCUT2D eigenvalue weighted by molar-refractivity contribution is 7.99. The second-order valence-corrected chi connectivity index (χ2v) is 5.20. The molecule has 1 aromatic heterocycles. The minimum absolute atomic E-state index is 0.200. The van der Waals surface area contributed by atoms with Crippen molar-refractivity contribution < 1.29 is 14.3 Å². The Balaban J connectivity index is 2.10. The summed E-state index contributed by atoms with van der Waals surface area (Å²) in [4.78, 5) is 11.4. The predicted molar refractivity (Wildman–Crippen MR) is 64.7 cm³/mol. The van der Waals surface area contributed by atoms with Gasteiger partial charge in [-0.3, -0.25) is 4.79 Å². The van der Waals surface area contributed by atoms with E-state index in [9.17, 15) is 9.90 Å². The highest BCUT2D eigenvalue weighted by Gasteiger charge is 2.12. The molecule has 90 valence electrons. The number of thioether (sulfide) groups is 1. The van der Waals surface area contributed by atoms with Crippen molar-refractivity contribution in [3.05, 3.63) is 24.2 Å². The molecular weight excluding hydrogens is 226 g/mol. The Labute approximate surface area is 99.4 Å². The number of carbonyl (C=O) groups is 1. The molecule has 0 aromatic carbocycles. The predicted octanol–water partition coefficient (Wildman–Crippen LogP) is 1.51. The maximum absolute atomic E-state index is 11.4. The van der Waals surface area contributed by atoms with Crippen LogP contribution in [0.1, 0.15) is 24.4 Å². The molecule has 1 rings (SSSR count). The molecule has 0 unspecified atom stereocenters. The van der Waals surface area contributed by atoms with Gasteiger partial charge in [0.15, 0.2) is 5.76 Å². The SMILES string of the molecule is CC(C)(O)CSCCNC(=O)c1ccco1. The Morgan fingerprint density at radius 1 is 1.62 bits per heavy atom. The molecule has 0 radical (unpaired) electrons. The lowest BCUT2D eigenvalue weighted by molar-refractivity contribution is 0.0928. The third-order valence-corrected chi connectivity index (χ3v) is 3.14. The Kier molecular flexibility index (Phi) is 4.89. The fourth-order valence-electron chi connectivity index (χ4n) is 1.05. The molecule has 16 heavy (non-hydrogen) atoms. The Hall–Kier alpha value is -0.940. The van der Waals surface area contributed by atoms with Gasteiger partial charge in [0.25, 0.3) is 5.91 Å². The maximum atomic E-state index is 11.4. The van der Waals surface area contributed by atoms with Crippen molar-refractivity contribution in [2.24, 2.45) is 0 Å². The van der Waals surface area contributed by atoms with E-state index in [-0.39, 0.29) is 5.91 Å². The summed E-state index contributed by atoms with van der Waals surface area (Å²) in [6.45, 7) is 4.10. The first-order chi connectivity index (χ1) is 7.49. The summed E-state index contributed by atoms with van der Waals surface area (Å²) in [5.74, 6) is 1.56. The average molecular weight is 243 g/mol. The van der Waals surface area contributed by atoms with E-state index in [0.29, 0.717) is 18.1 Å². The van der Waals surface area contributed by atoms with Crippen molar-refractivity contribution >= 4 is 17.7 Å². The van der Waals surface area contributed by atoms with Crippen molar-refractivity contribution in [3.63, 3.8) is 0 Å². The fraction of sp³-hybridized carbons (Fsp3) is 0.545. The molecule has 2 N–H and O–H groups in total. The normalized spacial score (nSPS) is 11.4. The summed E-state index contributed by atoms with van der Waals surface area (Å²) >= 11 is 1.60. The van der Waals surface area contributed by atoms with Crippen molar-refractivity contribution in [1.82, 2.24) is 5.32 Å². The molecule has 1 amide bonds. The van der Waals surface area contributed by atoms with Crippen molar-refractivity contribution in [3.8, 4) is 0 Å². The van der Waals surface area contributed by atoms with E-state index in [2.05, 4.69) is 5.32 Å². The lowest BCUT2D eigenvalue weighted by Gasteiger charge is -2.15. The number of nitrogens with one attached hydrogen (secondary N) is 1. The van der Waals surface area contributed by atoms with Crippen LogP contribution in [-0.4, -0.2) is 34.7 Å². The second kappa shape index (κ2) is 5.96. The minimum Gasteiger partial charge on any atom is -0.459 e. The second-order valence-electron chi connectivity index (χ2n) is 4.10. The highest BCUT2D eigenvalue weighted by Crippen LogP contribution is 2.11. The van der Waals surface area contributed by atoms with E-state index < -0.39 is 5.60 Å². The lowest BCUT2D eigenvalue weighted by Crippen LogP contribution is -2.27. The molecule has 0 saturated heterocycles. The maximum Gasteiger partial charge on any atom is 0.287 e. The topological polar surface area (TPSA) is 62.5 Å². The summed E-state index contributed by atoms with van der Waals surface area (Å²) in [7, 11) is 0. The van der Waals surface area contributed by atoms with Gasteiger partial charge in [0.05, 0.1) is 11.9 Å². The molecule has 5 heteroatoms. The van der Waals surface area contributed by atoms with Crippen LogP contribution in [0.3, 0.4) is 0 Å². The average Bonchev–Trinajstić information content (AvgIpc) is 2.67. The summed E-state index contributed by atoms with van der Waals surface area (Å²) < 4.78 is 4.95. The molecule has 0 bridgehead atoms. The van der Waals surface area contributed by atoms with E-state index in [1.165, 1.54) is 6.26 Å². The summed E-state index contributed by atoms with van der Waals surface area (Å²) in [5, 5.41) is 12.2. The van der Waals surface area contributed by atoms with E-state index in [4.69, 9.17) is 4.42 Å². The smallest absolute Gasteiger partial charge is 0.287 e. The van der Waals surface area contributed by atoms with Crippen LogP contribution in [-0.2, 0) is 0 Å². The zero-order valence-corrected chi connectivity index (χ0v) is 10.3. The van der Waals surface area contributed by atoms with Crippen LogP contribution in [0, 0.1) is 0 Å². The molecule has 0 fully saturated rings.